The summed E-state index contributed by atoms with van der Waals surface area (Å²) in [6.45, 7) is 2.60. The standard InChI is InChI=1S/C16H16BrNO/c17-16-9-14(8-13-6-7-18-10-15(13)16)19-11-12-4-2-1-3-5-12/h1-5,8-9,18H,6-7,10-11H2. The first-order valence-corrected chi connectivity index (χ1v) is 7.31. The van der Waals surface area contributed by atoms with Crippen LogP contribution in [0.25, 0.3) is 0 Å². The molecule has 0 saturated heterocycles. The quantitative estimate of drug-likeness (QED) is 0.932. The number of halogens is 1. The van der Waals surface area contributed by atoms with Crippen LogP contribution in [-0.2, 0) is 19.6 Å². The SMILES string of the molecule is Brc1cc(OCc2ccccc2)cc2c1CNCC2. The number of benzene rings is 2. The van der Waals surface area contributed by atoms with E-state index < -0.39 is 0 Å². The fourth-order valence-corrected chi connectivity index (χ4v) is 2.97. The summed E-state index contributed by atoms with van der Waals surface area (Å²) in [5.74, 6) is 0.941. The normalized spacial score (nSPS) is 13.9. The molecule has 0 bridgehead atoms. The van der Waals surface area contributed by atoms with E-state index in [0.29, 0.717) is 6.61 Å². The van der Waals surface area contributed by atoms with E-state index in [1.54, 1.807) is 0 Å². The Kier molecular flexibility index (Phi) is 3.85. The topological polar surface area (TPSA) is 21.3 Å². The van der Waals surface area contributed by atoms with E-state index in [4.69, 9.17) is 4.74 Å². The number of fused-ring (bicyclic) bond motifs is 1. The maximum atomic E-state index is 5.89. The van der Waals surface area contributed by atoms with Crippen molar-refractivity contribution in [3.05, 3.63) is 63.6 Å². The van der Waals surface area contributed by atoms with Crippen LogP contribution in [0.3, 0.4) is 0 Å². The van der Waals surface area contributed by atoms with Crippen molar-refractivity contribution in [2.75, 3.05) is 6.54 Å². The highest BCUT2D eigenvalue weighted by atomic mass is 79.9. The number of ether oxygens (including phenoxy) is 1. The summed E-state index contributed by atoms with van der Waals surface area (Å²) < 4.78 is 7.03. The second kappa shape index (κ2) is 5.76. The van der Waals surface area contributed by atoms with Gasteiger partial charge in [0.2, 0.25) is 0 Å². The molecule has 98 valence electrons. The van der Waals surface area contributed by atoms with Crippen LogP contribution in [-0.4, -0.2) is 6.54 Å². The van der Waals surface area contributed by atoms with E-state index in [1.165, 1.54) is 16.7 Å². The summed E-state index contributed by atoms with van der Waals surface area (Å²) in [6, 6.07) is 14.5. The molecule has 0 atom stereocenters. The zero-order chi connectivity index (χ0) is 13.1. The summed E-state index contributed by atoms with van der Waals surface area (Å²) in [7, 11) is 0. The molecule has 0 spiro atoms. The lowest BCUT2D eigenvalue weighted by atomic mass is 10.0. The molecule has 0 fully saturated rings. The van der Waals surface area contributed by atoms with Crippen LogP contribution >= 0.6 is 15.9 Å². The molecule has 3 heteroatoms. The monoisotopic (exact) mass is 317 g/mol. The Morgan fingerprint density at radius 2 is 2.00 bits per heavy atom. The minimum atomic E-state index is 0.615. The molecule has 19 heavy (non-hydrogen) atoms. The minimum absolute atomic E-state index is 0.615. The molecular formula is C16H16BrNO. The van der Waals surface area contributed by atoms with Crippen molar-refractivity contribution >= 4 is 15.9 Å². The maximum absolute atomic E-state index is 5.89. The second-order valence-corrected chi connectivity index (χ2v) is 5.60. The van der Waals surface area contributed by atoms with Gasteiger partial charge in [0.25, 0.3) is 0 Å². The van der Waals surface area contributed by atoms with Gasteiger partial charge in [0.05, 0.1) is 0 Å². The molecule has 1 heterocycles. The summed E-state index contributed by atoms with van der Waals surface area (Å²) in [6.07, 6.45) is 1.07. The average Bonchev–Trinajstić information content (AvgIpc) is 2.46. The van der Waals surface area contributed by atoms with Gasteiger partial charge in [-0.3, -0.25) is 0 Å². The van der Waals surface area contributed by atoms with Crippen LogP contribution in [0, 0.1) is 0 Å². The Hall–Kier alpha value is -1.32. The molecule has 0 aliphatic carbocycles. The van der Waals surface area contributed by atoms with Gasteiger partial charge in [-0.15, -0.1) is 0 Å². The summed E-state index contributed by atoms with van der Waals surface area (Å²) in [4.78, 5) is 0. The highest BCUT2D eigenvalue weighted by Gasteiger charge is 2.13. The van der Waals surface area contributed by atoms with Gasteiger partial charge in [-0.25, -0.2) is 0 Å². The van der Waals surface area contributed by atoms with Gasteiger partial charge >= 0.3 is 0 Å². The lowest BCUT2D eigenvalue weighted by Gasteiger charge is -2.20. The van der Waals surface area contributed by atoms with Crippen LogP contribution in [0.2, 0.25) is 0 Å². The molecule has 3 rings (SSSR count). The van der Waals surface area contributed by atoms with E-state index in [2.05, 4.69) is 45.5 Å². The maximum Gasteiger partial charge on any atom is 0.121 e. The average molecular weight is 318 g/mol. The van der Waals surface area contributed by atoms with Crippen molar-refractivity contribution in [3.63, 3.8) is 0 Å². The molecule has 0 amide bonds. The zero-order valence-corrected chi connectivity index (χ0v) is 12.2. The van der Waals surface area contributed by atoms with Crippen molar-refractivity contribution in [1.29, 1.82) is 0 Å². The molecular weight excluding hydrogens is 302 g/mol. The first-order chi connectivity index (χ1) is 9.33. The van der Waals surface area contributed by atoms with Gasteiger partial charge in [-0.05, 0) is 41.8 Å². The third-order valence-electron chi connectivity index (χ3n) is 3.38. The van der Waals surface area contributed by atoms with Gasteiger partial charge < -0.3 is 10.1 Å². The lowest BCUT2D eigenvalue weighted by Crippen LogP contribution is -2.24. The molecule has 1 N–H and O–H groups in total. The van der Waals surface area contributed by atoms with Gasteiger partial charge in [-0.2, -0.15) is 0 Å². The fourth-order valence-electron chi connectivity index (χ4n) is 2.35. The Bertz CT molecular complexity index is 568. The van der Waals surface area contributed by atoms with Crippen LogP contribution in [0.5, 0.6) is 5.75 Å². The largest absolute Gasteiger partial charge is 0.489 e. The van der Waals surface area contributed by atoms with Crippen LogP contribution in [0.4, 0.5) is 0 Å². The predicted octanol–water partition coefficient (Wildman–Crippen LogP) is 3.67. The number of nitrogens with one attached hydrogen (secondary N) is 1. The van der Waals surface area contributed by atoms with E-state index >= 15 is 0 Å². The molecule has 0 saturated carbocycles. The third kappa shape index (κ3) is 2.99. The van der Waals surface area contributed by atoms with Gasteiger partial charge in [-0.1, -0.05) is 46.3 Å². The molecule has 2 nitrogen and oxygen atoms in total. The first kappa shape index (κ1) is 12.7. The molecule has 0 radical (unpaired) electrons. The van der Waals surface area contributed by atoms with E-state index in [-0.39, 0.29) is 0 Å². The van der Waals surface area contributed by atoms with Crippen molar-refractivity contribution in [3.8, 4) is 5.75 Å². The third-order valence-corrected chi connectivity index (χ3v) is 4.09. The van der Waals surface area contributed by atoms with Gasteiger partial charge in [0, 0.05) is 11.0 Å². The first-order valence-electron chi connectivity index (χ1n) is 6.51. The van der Waals surface area contributed by atoms with Crippen molar-refractivity contribution in [2.24, 2.45) is 0 Å². The number of hydrogen-bond donors (Lipinski definition) is 1. The van der Waals surface area contributed by atoms with Gasteiger partial charge in [0.15, 0.2) is 0 Å². The second-order valence-electron chi connectivity index (χ2n) is 4.74. The van der Waals surface area contributed by atoms with E-state index in [1.807, 2.05) is 18.2 Å². The molecule has 1 aliphatic heterocycles. The van der Waals surface area contributed by atoms with Gasteiger partial charge in [0.1, 0.15) is 12.4 Å². The van der Waals surface area contributed by atoms with E-state index in [0.717, 1.165) is 29.7 Å². The highest BCUT2D eigenvalue weighted by molar-refractivity contribution is 9.10. The molecule has 1 aliphatic rings. The zero-order valence-electron chi connectivity index (χ0n) is 10.7. The Morgan fingerprint density at radius 1 is 1.16 bits per heavy atom. The minimum Gasteiger partial charge on any atom is -0.489 e. The smallest absolute Gasteiger partial charge is 0.121 e. The van der Waals surface area contributed by atoms with Crippen molar-refractivity contribution < 1.29 is 4.74 Å². The van der Waals surface area contributed by atoms with E-state index in [9.17, 15) is 0 Å². The summed E-state index contributed by atoms with van der Waals surface area (Å²) in [5, 5.41) is 3.39. The molecule has 0 aromatic heterocycles. The van der Waals surface area contributed by atoms with Crippen molar-refractivity contribution in [2.45, 2.75) is 19.6 Å². The Balaban J connectivity index is 1.76. The number of rotatable bonds is 3. The highest BCUT2D eigenvalue weighted by Crippen LogP contribution is 2.29. The molecule has 2 aromatic rings. The molecule has 2 aromatic carbocycles. The van der Waals surface area contributed by atoms with Crippen LogP contribution in [0.1, 0.15) is 16.7 Å². The van der Waals surface area contributed by atoms with Crippen molar-refractivity contribution in [1.82, 2.24) is 5.32 Å². The van der Waals surface area contributed by atoms with Crippen LogP contribution < -0.4 is 10.1 Å². The summed E-state index contributed by atoms with van der Waals surface area (Å²) in [5.41, 5.74) is 3.94. The summed E-state index contributed by atoms with van der Waals surface area (Å²) >= 11 is 3.64. The Morgan fingerprint density at radius 3 is 2.84 bits per heavy atom. The lowest BCUT2D eigenvalue weighted by molar-refractivity contribution is 0.305. The number of hydrogen-bond acceptors (Lipinski definition) is 2. The molecule has 0 unspecified atom stereocenters. The predicted molar refractivity (Wildman–Crippen MR) is 80.3 cm³/mol. The fraction of sp³-hybridized carbons (Fsp3) is 0.250. The van der Waals surface area contributed by atoms with Crippen LogP contribution in [0.15, 0.2) is 46.9 Å². The Labute approximate surface area is 121 Å².